The number of sulfonamides is 1. The van der Waals surface area contributed by atoms with Crippen LogP contribution in [-0.2, 0) is 21.2 Å². The zero-order chi connectivity index (χ0) is 18.7. The van der Waals surface area contributed by atoms with Crippen molar-refractivity contribution in [2.24, 2.45) is 0 Å². The van der Waals surface area contributed by atoms with Crippen molar-refractivity contribution in [3.05, 3.63) is 51.7 Å². The molecule has 3 rings (SSSR count). The minimum Gasteiger partial charge on any atom is -0.353 e. The smallest absolute Gasteiger partial charge is 0.243 e. The Bertz CT molecular complexity index is 868. The fraction of sp³-hybridized carbons (Fsp3) is 0.421. The van der Waals surface area contributed by atoms with Crippen LogP contribution in [0.15, 0.2) is 40.6 Å². The number of piperidine rings is 1. The number of nitrogens with zero attached hydrogens (tertiary/aromatic N) is 1. The summed E-state index contributed by atoms with van der Waals surface area (Å²) in [7, 11) is -3.48. The molecule has 0 unspecified atom stereocenters. The number of hydrogen-bond donors (Lipinski definition) is 1. The van der Waals surface area contributed by atoms with E-state index in [-0.39, 0.29) is 11.9 Å². The summed E-state index contributed by atoms with van der Waals surface area (Å²) < 4.78 is 27.3. The summed E-state index contributed by atoms with van der Waals surface area (Å²) in [6, 6.07) is 9.33. The Labute approximate surface area is 159 Å². The van der Waals surface area contributed by atoms with E-state index in [1.54, 1.807) is 17.4 Å². The maximum absolute atomic E-state index is 12.9. The first-order chi connectivity index (χ1) is 12.4. The van der Waals surface area contributed by atoms with Crippen LogP contribution in [0.1, 0.15) is 28.8 Å². The van der Waals surface area contributed by atoms with Gasteiger partial charge in [-0.1, -0.05) is 23.8 Å². The molecule has 0 radical (unpaired) electrons. The highest BCUT2D eigenvalue weighted by Crippen LogP contribution is 2.24. The first-order valence-electron chi connectivity index (χ1n) is 8.75. The highest BCUT2D eigenvalue weighted by Gasteiger charge is 2.30. The van der Waals surface area contributed by atoms with Gasteiger partial charge in [0.05, 0.1) is 11.3 Å². The second-order valence-electron chi connectivity index (χ2n) is 6.77. The lowest BCUT2D eigenvalue weighted by molar-refractivity contribution is -0.121. The summed E-state index contributed by atoms with van der Waals surface area (Å²) in [4.78, 5) is 13.5. The van der Waals surface area contributed by atoms with Gasteiger partial charge in [0.15, 0.2) is 0 Å². The molecule has 140 valence electrons. The van der Waals surface area contributed by atoms with Crippen LogP contribution in [0.2, 0.25) is 0 Å². The van der Waals surface area contributed by atoms with E-state index < -0.39 is 10.0 Å². The molecule has 1 aliphatic rings. The summed E-state index contributed by atoms with van der Waals surface area (Å²) in [6.45, 7) is 4.64. The van der Waals surface area contributed by atoms with Crippen LogP contribution < -0.4 is 5.32 Å². The Kier molecular flexibility index (Phi) is 5.79. The lowest BCUT2D eigenvalue weighted by Gasteiger charge is -2.32. The monoisotopic (exact) mass is 392 g/mol. The molecule has 1 saturated heterocycles. The molecule has 0 spiro atoms. The van der Waals surface area contributed by atoms with Gasteiger partial charge < -0.3 is 5.32 Å². The molecule has 0 atom stereocenters. The van der Waals surface area contributed by atoms with Gasteiger partial charge in [0.25, 0.3) is 0 Å². The topological polar surface area (TPSA) is 66.5 Å². The van der Waals surface area contributed by atoms with Crippen molar-refractivity contribution >= 4 is 27.3 Å². The number of rotatable bonds is 5. The summed E-state index contributed by atoms with van der Waals surface area (Å²) >= 11 is 1.57. The molecule has 1 aromatic carbocycles. The van der Waals surface area contributed by atoms with Crippen molar-refractivity contribution in [2.75, 3.05) is 13.1 Å². The normalized spacial score (nSPS) is 16.5. The SMILES string of the molecule is Cc1ccc(S(=O)(=O)N2CCC(NC(=O)Cc3cccs3)CC2)c(C)c1. The summed E-state index contributed by atoms with van der Waals surface area (Å²) in [5.74, 6) is 0.00290. The lowest BCUT2D eigenvalue weighted by atomic mass is 10.1. The molecule has 5 nitrogen and oxygen atoms in total. The van der Waals surface area contributed by atoms with Crippen molar-refractivity contribution in [3.63, 3.8) is 0 Å². The zero-order valence-electron chi connectivity index (χ0n) is 15.1. The van der Waals surface area contributed by atoms with Crippen LogP contribution in [0.4, 0.5) is 0 Å². The molecular formula is C19H24N2O3S2. The number of carbonyl (C=O) groups excluding carboxylic acids is 1. The first-order valence-corrected chi connectivity index (χ1v) is 11.1. The fourth-order valence-corrected chi connectivity index (χ4v) is 5.70. The van der Waals surface area contributed by atoms with Gasteiger partial charge in [-0.2, -0.15) is 4.31 Å². The molecule has 26 heavy (non-hydrogen) atoms. The zero-order valence-corrected chi connectivity index (χ0v) is 16.7. The standard InChI is InChI=1S/C19H24N2O3S2/c1-14-5-6-18(15(2)12-14)26(23,24)21-9-7-16(8-10-21)20-19(22)13-17-4-3-11-25-17/h3-6,11-12,16H,7-10,13H2,1-2H3,(H,20,22). The molecule has 0 bridgehead atoms. The molecule has 0 saturated carbocycles. The van der Waals surface area contributed by atoms with Gasteiger partial charge in [-0.25, -0.2) is 8.42 Å². The molecule has 0 aliphatic carbocycles. The molecule has 7 heteroatoms. The van der Waals surface area contributed by atoms with Gasteiger partial charge in [0.1, 0.15) is 0 Å². The Morgan fingerprint density at radius 3 is 2.58 bits per heavy atom. The van der Waals surface area contributed by atoms with E-state index in [4.69, 9.17) is 0 Å². The minimum absolute atomic E-state index is 0.00290. The van der Waals surface area contributed by atoms with E-state index in [9.17, 15) is 13.2 Å². The minimum atomic E-state index is -3.48. The van der Waals surface area contributed by atoms with Crippen molar-refractivity contribution in [3.8, 4) is 0 Å². The number of hydrogen-bond acceptors (Lipinski definition) is 4. The number of aryl methyl sites for hydroxylation is 2. The van der Waals surface area contributed by atoms with Gasteiger partial charge in [0, 0.05) is 24.0 Å². The fourth-order valence-electron chi connectivity index (χ4n) is 3.32. The second kappa shape index (κ2) is 7.90. The summed E-state index contributed by atoms with van der Waals surface area (Å²) in [5, 5.41) is 4.99. The lowest BCUT2D eigenvalue weighted by Crippen LogP contribution is -2.46. The van der Waals surface area contributed by atoms with E-state index in [2.05, 4.69) is 5.32 Å². The maximum Gasteiger partial charge on any atom is 0.243 e. The van der Waals surface area contributed by atoms with Crippen molar-refractivity contribution in [2.45, 2.75) is 44.0 Å². The first kappa shape index (κ1) is 19.1. The predicted octanol–water partition coefficient (Wildman–Crippen LogP) is 2.88. The van der Waals surface area contributed by atoms with E-state index in [0.29, 0.717) is 37.2 Å². The van der Waals surface area contributed by atoms with E-state index in [0.717, 1.165) is 16.0 Å². The molecule has 1 N–H and O–H groups in total. The van der Waals surface area contributed by atoms with Crippen LogP contribution in [0.3, 0.4) is 0 Å². The van der Waals surface area contributed by atoms with Gasteiger partial charge in [0.2, 0.25) is 15.9 Å². The van der Waals surface area contributed by atoms with Crippen LogP contribution in [0.5, 0.6) is 0 Å². The third kappa shape index (κ3) is 4.34. The molecule has 1 aromatic heterocycles. The van der Waals surface area contributed by atoms with Crippen molar-refractivity contribution in [1.82, 2.24) is 9.62 Å². The average molecular weight is 393 g/mol. The number of benzene rings is 1. The van der Waals surface area contributed by atoms with Gasteiger partial charge in [-0.15, -0.1) is 11.3 Å². The quantitative estimate of drug-likeness (QED) is 0.851. The third-order valence-electron chi connectivity index (χ3n) is 4.68. The Hall–Kier alpha value is -1.70. The summed E-state index contributed by atoms with van der Waals surface area (Å²) in [5.41, 5.74) is 1.82. The van der Waals surface area contributed by atoms with Gasteiger partial charge in [-0.05, 0) is 49.8 Å². The van der Waals surface area contributed by atoms with Crippen molar-refractivity contribution < 1.29 is 13.2 Å². The van der Waals surface area contributed by atoms with Crippen LogP contribution in [-0.4, -0.2) is 37.8 Å². The Morgan fingerprint density at radius 1 is 1.23 bits per heavy atom. The highest BCUT2D eigenvalue weighted by molar-refractivity contribution is 7.89. The predicted molar refractivity (Wildman–Crippen MR) is 104 cm³/mol. The molecule has 1 amide bonds. The van der Waals surface area contributed by atoms with Crippen LogP contribution in [0.25, 0.3) is 0 Å². The number of nitrogens with one attached hydrogen (secondary N) is 1. The largest absolute Gasteiger partial charge is 0.353 e. The molecule has 1 fully saturated rings. The van der Waals surface area contributed by atoms with Gasteiger partial charge in [-0.3, -0.25) is 4.79 Å². The summed E-state index contributed by atoms with van der Waals surface area (Å²) in [6.07, 6.45) is 1.67. The van der Waals surface area contributed by atoms with E-state index in [1.165, 1.54) is 4.31 Å². The number of thiophene rings is 1. The molecule has 1 aliphatic heterocycles. The highest BCUT2D eigenvalue weighted by atomic mass is 32.2. The second-order valence-corrected chi connectivity index (χ2v) is 9.71. The average Bonchev–Trinajstić information content (AvgIpc) is 3.07. The molecule has 2 aromatic rings. The Balaban J connectivity index is 1.58. The van der Waals surface area contributed by atoms with Crippen molar-refractivity contribution in [1.29, 1.82) is 0 Å². The Morgan fingerprint density at radius 2 is 1.96 bits per heavy atom. The molecule has 2 heterocycles. The van der Waals surface area contributed by atoms with Gasteiger partial charge >= 0.3 is 0 Å². The van der Waals surface area contributed by atoms with Crippen LogP contribution in [0, 0.1) is 13.8 Å². The molecular weight excluding hydrogens is 368 g/mol. The van der Waals surface area contributed by atoms with E-state index in [1.807, 2.05) is 43.5 Å². The number of carbonyl (C=O) groups is 1. The maximum atomic E-state index is 12.9. The van der Waals surface area contributed by atoms with E-state index >= 15 is 0 Å². The number of amides is 1. The third-order valence-corrected chi connectivity index (χ3v) is 7.62. The van der Waals surface area contributed by atoms with Crippen LogP contribution >= 0.6 is 11.3 Å².